The van der Waals surface area contributed by atoms with Crippen molar-refractivity contribution in [1.29, 1.82) is 0 Å². The Balaban J connectivity index is 2.19. The Morgan fingerprint density at radius 1 is 0.692 bits per heavy atom. The van der Waals surface area contributed by atoms with Crippen LogP contribution in [-0.2, 0) is 0 Å². The normalized spacial score (nSPS) is 22.3. The molecule has 0 amide bonds. The third-order valence-corrected chi connectivity index (χ3v) is 12.0. The fraction of sp³-hybridized carbons (Fsp3) is 0.333. The summed E-state index contributed by atoms with van der Waals surface area (Å²) in [6.45, 7) is 0. The minimum absolute atomic E-state index is 0.775. The number of rotatable bonds is 2. The summed E-state index contributed by atoms with van der Waals surface area (Å²) in [7, 11) is 0. The maximum absolute atomic E-state index is 2.52. The topological polar surface area (TPSA) is 0 Å². The molecule has 0 nitrogen and oxygen atoms in total. The molecule has 0 heterocycles. The van der Waals surface area contributed by atoms with Crippen LogP contribution < -0.4 is 0 Å². The molecule has 0 aliphatic heterocycles. The maximum atomic E-state index is 2.52. The Morgan fingerprint density at radius 2 is 1.00 bits per heavy atom. The van der Waals surface area contributed by atoms with Crippen molar-refractivity contribution in [2.75, 3.05) is 0 Å². The minimum atomic E-state index is -1.71. The van der Waals surface area contributed by atoms with Crippen LogP contribution in [0.4, 0.5) is 0 Å². The number of hydrogen-bond donors (Lipinski definition) is 0. The van der Waals surface area contributed by atoms with Crippen LogP contribution in [0.15, 0.2) is 48.6 Å². The van der Waals surface area contributed by atoms with E-state index in [1.807, 2.05) is 0 Å². The summed E-state index contributed by atoms with van der Waals surface area (Å²) in [5, 5.41) is 0. The van der Waals surface area contributed by atoms with E-state index in [0.29, 0.717) is 0 Å². The van der Waals surface area contributed by atoms with Crippen LogP contribution in [0.25, 0.3) is 0 Å². The van der Waals surface area contributed by atoms with Crippen molar-refractivity contribution in [3.8, 4) is 0 Å². The predicted octanol–water partition coefficient (Wildman–Crippen LogP) is 3.69. The van der Waals surface area contributed by atoms with Gasteiger partial charge in [-0.1, -0.05) is 0 Å². The summed E-state index contributed by atoms with van der Waals surface area (Å²) in [4.78, 5) is 0. The van der Waals surface area contributed by atoms with Gasteiger partial charge in [-0.05, 0) is 0 Å². The number of hydrogen-bond acceptors (Lipinski definition) is 0. The van der Waals surface area contributed by atoms with E-state index >= 15 is 0 Å². The standard InChI is InChI=1S/C12H16Ge/c1-13(2,11-7-3-4-8-11)12-9-5-6-10-12/h3-12H,1-2H3. The Labute approximate surface area is 83.1 Å². The first-order chi connectivity index (χ1) is 6.21. The van der Waals surface area contributed by atoms with Gasteiger partial charge in [-0.15, -0.1) is 0 Å². The van der Waals surface area contributed by atoms with Crippen molar-refractivity contribution in [3.63, 3.8) is 0 Å². The fourth-order valence-electron chi connectivity index (χ4n) is 2.08. The van der Waals surface area contributed by atoms with Gasteiger partial charge in [0.05, 0.1) is 0 Å². The predicted molar refractivity (Wildman–Crippen MR) is 61.5 cm³/mol. The molecule has 0 aromatic rings. The molecule has 0 aromatic heterocycles. The molecule has 0 atom stereocenters. The van der Waals surface area contributed by atoms with E-state index < -0.39 is 13.3 Å². The summed E-state index contributed by atoms with van der Waals surface area (Å²) < 4.78 is 1.55. The zero-order chi connectivity index (χ0) is 9.31. The first-order valence-electron chi connectivity index (χ1n) is 4.91. The fourth-order valence-corrected chi connectivity index (χ4v) is 8.11. The van der Waals surface area contributed by atoms with E-state index in [2.05, 4.69) is 60.1 Å². The third-order valence-electron chi connectivity index (χ3n) is 3.21. The van der Waals surface area contributed by atoms with Crippen molar-refractivity contribution in [2.24, 2.45) is 0 Å². The second-order valence-electron chi connectivity index (χ2n) is 4.41. The third kappa shape index (κ3) is 1.60. The summed E-state index contributed by atoms with van der Waals surface area (Å²) in [6.07, 6.45) is 18.3. The average molecular weight is 233 g/mol. The molecule has 0 fully saturated rings. The van der Waals surface area contributed by atoms with Crippen molar-refractivity contribution in [2.45, 2.75) is 21.0 Å². The summed E-state index contributed by atoms with van der Waals surface area (Å²) in [5.41, 5.74) is 0. The Bertz CT molecular complexity index is 251. The van der Waals surface area contributed by atoms with E-state index in [1.165, 1.54) is 0 Å². The molecule has 0 N–H and O–H groups in total. The van der Waals surface area contributed by atoms with Gasteiger partial charge in [-0.2, -0.15) is 0 Å². The van der Waals surface area contributed by atoms with Gasteiger partial charge in [-0.25, -0.2) is 0 Å². The molecule has 13 heavy (non-hydrogen) atoms. The van der Waals surface area contributed by atoms with Crippen molar-refractivity contribution >= 4 is 13.3 Å². The monoisotopic (exact) mass is 234 g/mol. The quantitative estimate of drug-likeness (QED) is 0.638. The van der Waals surface area contributed by atoms with E-state index in [4.69, 9.17) is 0 Å². The molecule has 0 bridgehead atoms. The van der Waals surface area contributed by atoms with Crippen LogP contribution >= 0.6 is 0 Å². The second-order valence-corrected chi connectivity index (χ2v) is 14.9. The molecule has 0 aromatic carbocycles. The molecule has 0 radical (unpaired) electrons. The van der Waals surface area contributed by atoms with Crippen LogP contribution in [0.5, 0.6) is 0 Å². The van der Waals surface area contributed by atoms with Crippen LogP contribution in [0.2, 0.25) is 21.0 Å². The van der Waals surface area contributed by atoms with Crippen molar-refractivity contribution in [3.05, 3.63) is 48.6 Å². The molecule has 2 rings (SSSR count). The van der Waals surface area contributed by atoms with Gasteiger partial charge >= 0.3 is 82.9 Å². The van der Waals surface area contributed by atoms with E-state index in [-0.39, 0.29) is 0 Å². The molecule has 0 unspecified atom stereocenters. The molecule has 0 spiro atoms. The zero-order valence-electron chi connectivity index (χ0n) is 8.27. The Hall–Kier alpha value is -0.497. The van der Waals surface area contributed by atoms with Crippen molar-refractivity contribution in [1.82, 2.24) is 0 Å². The van der Waals surface area contributed by atoms with E-state index in [0.717, 1.165) is 9.50 Å². The first-order valence-corrected chi connectivity index (χ1v) is 11.5. The molecule has 0 saturated heterocycles. The Morgan fingerprint density at radius 3 is 1.31 bits per heavy atom. The van der Waals surface area contributed by atoms with Gasteiger partial charge in [0.1, 0.15) is 0 Å². The SMILES string of the molecule is [CH3][Ge]([CH3])([CH]1C=CC=C1)[CH]1C=CC=C1. The average Bonchev–Trinajstić information content (AvgIpc) is 2.78. The van der Waals surface area contributed by atoms with Gasteiger partial charge in [-0.3, -0.25) is 0 Å². The van der Waals surface area contributed by atoms with Gasteiger partial charge in [0.25, 0.3) is 0 Å². The summed E-state index contributed by atoms with van der Waals surface area (Å²) >= 11 is -1.71. The summed E-state index contributed by atoms with van der Waals surface area (Å²) in [6, 6.07) is 0. The van der Waals surface area contributed by atoms with Crippen LogP contribution in [-0.4, -0.2) is 13.3 Å². The van der Waals surface area contributed by atoms with Crippen LogP contribution in [0.1, 0.15) is 0 Å². The second kappa shape index (κ2) is 3.34. The zero-order valence-corrected chi connectivity index (χ0v) is 10.4. The van der Waals surface area contributed by atoms with Crippen LogP contribution in [0.3, 0.4) is 0 Å². The molecule has 1 heteroatoms. The van der Waals surface area contributed by atoms with Gasteiger partial charge < -0.3 is 0 Å². The summed E-state index contributed by atoms with van der Waals surface area (Å²) in [5.74, 6) is 5.05. The van der Waals surface area contributed by atoms with E-state index in [9.17, 15) is 0 Å². The van der Waals surface area contributed by atoms with E-state index in [1.54, 1.807) is 0 Å². The van der Waals surface area contributed by atoms with Crippen molar-refractivity contribution < 1.29 is 0 Å². The molecular formula is C12H16Ge. The Kier molecular flexibility index (Phi) is 2.33. The van der Waals surface area contributed by atoms with Crippen LogP contribution in [0, 0.1) is 0 Å². The molecule has 2 aliphatic carbocycles. The first kappa shape index (κ1) is 9.07. The molecule has 2 aliphatic rings. The molecule has 0 saturated carbocycles. The van der Waals surface area contributed by atoms with Gasteiger partial charge in [0.15, 0.2) is 0 Å². The van der Waals surface area contributed by atoms with Gasteiger partial charge in [0, 0.05) is 0 Å². The molecule has 68 valence electrons. The number of allylic oxidation sites excluding steroid dienone is 8. The molecular weight excluding hydrogens is 217 g/mol. The van der Waals surface area contributed by atoms with Gasteiger partial charge in [0.2, 0.25) is 0 Å².